The SMILES string of the molecule is Cc1cnn(CCNC(=O)NC(C)CC(=O)O)c1. The Kier molecular flexibility index (Phi) is 5.16. The molecular formula is C11H18N4O3. The van der Waals surface area contributed by atoms with Gasteiger partial charge in [-0.25, -0.2) is 4.79 Å². The topological polar surface area (TPSA) is 96.3 Å². The van der Waals surface area contributed by atoms with E-state index in [0.29, 0.717) is 13.1 Å². The summed E-state index contributed by atoms with van der Waals surface area (Å²) in [6.07, 6.45) is 3.54. The highest BCUT2D eigenvalue weighted by atomic mass is 16.4. The molecule has 0 aliphatic heterocycles. The molecule has 7 nitrogen and oxygen atoms in total. The van der Waals surface area contributed by atoms with Crippen LogP contribution in [0.4, 0.5) is 4.79 Å². The number of nitrogens with one attached hydrogen (secondary N) is 2. The second kappa shape index (κ2) is 6.63. The van der Waals surface area contributed by atoms with Gasteiger partial charge in [-0.1, -0.05) is 0 Å². The second-order valence-electron chi connectivity index (χ2n) is 4.18. The highest BCUT2D eigenvalue weighted by Gasteiger charge is 2.10. The number of nitrogens with zero attached hydrogens (tertiary/aromatic N) is 2. The zero-order valence-electron chi connectivity index (χ0n) is 10.5. The van der Waals surface area contributed by atoms with Crippen LogP contribution in [0, 0.1) is 6.92 Å². The fourth-order valence-corrected chi connectivity index (χ4v) is 1.46. The summed E-state index contributed by atoms with van der Waals surface area (Å²) < 4.78 is 1.73. The van der Waals surface area contributed by atoms with E-state index in [9.17, 15) is 9.59 Å². The van der Waals surface area contributed by atoms with Crippen molar-refractivity contribution >= 4 is 12.0 Å². The van der Waals surface area contributed by atoms with E-state index in [1.165, 1.54) is 0 Å². The van der Waals surface area contributed by atoms with Crippen LogP contribution in [0.2, 0.25) is 0 Å². The molecule has 1 unspecified atom stereocenters. The first kappa shape index (κ1) is 14.0. The van der Waals surface area contributed by atoms with Gasteiger partial charge in [-0.05, 0) is 19.4 Å². The molecule has 0 spiro atoms. The van der Waals surface area contributed by atoms with Crippen molar-refractivity contribution in [2.75, 3.05) is 6.54 Å². The first-order valence-corrected chi connectivity index (χ1v) is 5.72. The Bertz CT molecular complexity index is 416. The van der Waals surface area contributed by atoms with Crippen molar-refractivity contribution in [2.45, 2.75) is 32.9 Å². The second-order valence-corrected chi connectivity index (χ2v) is 4.18. The zero-order chi connectivity index (χ0) is 13.5. The number of carboxylic acids is 1. The molecule has 1 aromatic heterocycles. The number of rotatable bonds is 6. The van der Waals surface area contributed by atoms with Crippen molar-refractivity contribution in [2.24, 2.45) is 0 Å². The summed E-state index contributed by atoms with van der Waals surface area (Å²) in [6, 6.07) is -0.762. The summed E-state index contributed by atoms with van der Waals surface area (Å²) in [6.45, 7) is 4.60. The first-order valence-electron chi connectivity index (χ1n) is 5.72. The van der Waals surface area contributed by atoms with Gasteiger partial charge in [-0.15, -0.1) is 0 Å². The number of aromatic nitrogens is 2. The van der Waals surface area contributed by atoms with Crippen molar-refractivity contribution in [3.63, 3.8) is 0 Å². The Morgan fingerprint density at radius 3 is 2.83 bits per heavy atom. The smallest absolute Gasteiger partial charge is 0.315 e. The predicted molar refractivity (Wildman–Crippen MR) is 65.2 cm³/mol. The van der Waals surface area contributed by atoms with Crippen molar-refractivity contribution in [3.05, 3.63) is 18.0 Å². The highest BCUT2D eigenvalue weighted by Crippen LogP contribution is 1.93. The van der Waals surface area contributed by atoms with E-state index in [-0.39, 0.29) is 12.5 Å². The molecule has 0 bridgehead atoms. The van der Waals surface area contributed by atoms with Gasteiger partial charge in [0, 0.05) is 18.8 Å². The molecule has 100 valence electrons. The summed E-state index contributed by atoms with van der Waals surface area (Å²) in [5.41, 5.74) is 1.06. The molecule has 18 heavy (non-hydrogen) atoms. The van der Waals surface area contributed by atoms with E-state index in [1.54, 1.807) is 17.8 Å². The molecule has 0 radical (unpaired) electrons. The number of urea groups is 1. The third-order valence-electron chi connectivity index (χ3n) is 2.25. The van der Waals surface area contributed by atoms with Gasteiger partial charge in [0.15, 0.2) is 0 Å². The Morgan fingerprint density at radius 1 is 1.56 bits per heavy atom. The Balaban J connectivity index is 2.19. The monoisotopic (exact) mass is 254 g/mol. The van der Waals surface area contributed by atoms with Gasteiger partial charge in [-0.2, -0.15) is 5.10 Å². The minimum atomic E-state index is -0.935. The fraction of sp³-hybridized carbons (Fsp3) is 0.545. The van der Waals surface area contributed by atoms with E-state index >= 15 is 0 Å². The molecule has 1 heterocycles. The molecule has 0 aliphatic carbocycles. The molecule has 0 aromatic carbocycles. The van der Waals surface area contributed by atoms with E-state index in [0.717, 1.165) is 5.56 Å². The maximum Gasteiger partial charge on any atom is 0.315 e. The van der Waals surface area contributed by atoms with Crippen molar-refractivity contribution in [3.8, 4) is 0 Å². The van der Waals surface area contributed by atoms with Gasteiger partial charge >= 0.3 is 12.0 Å². The van der Waals surface area contributed by atoms with Crippen LogP contribution < -0.4 is 10.6 Å². The van der Waals surface area contributed by atoms with Crippen LogP contribution in [0.15, 0.2) is 12.4 Å². The van der Waals surface area contributed by atoms with E-state index in [2.05, 4.69) is 15.7 Å². The Morgan fingerprint density at radius 2 is 2.28 bits per heavy atom. The number of hydrogen-bond donors (Lipinski definition) is 3. The number of amides is 2. The lowest BCUT2D eigenvalue weighted by Crippen LogP contribution is -2.42. The van der Waals surface area contributed by atoms with Crippen LogP contribution in [-0.4, -0.2) is 39.5 Å². The largest absolute Gasteiger partial charge is 0.481 e. The number of aliphatic carboxylic acids is 1. The first-order chi connectivity index (χ1) is 8.47. The number of aryl methyl sites for hydroxylation is 1. The van der Waals surface area contributed by atoms with Crippen molar-refractivity contribution < 1.29 is 14.7 Å². The number of carboxylic acid groups (broad SMARTS) is 1. The average molecular weight is 254 g/mol. The molecule has 0 saturated carbocycles. The third kappa shape index (κ3) is 5.33. The Labute approximate surface area is 105 Å². The predicted octanol–water partition coefficient (Wildman–Crippen LogP) is 0.354. The van der Waals surface area contributed by atoms with Gasteiger partial charge < -0.3 is 15.7 Å². The molecule has 0 fully saturated rings. The summed E-state index contributed by atoms with van der Waals surface area (Å²) in [5.74, 6) is -0.935. The van der Waals surface area contributed by atoms with E-state index in [4.69, 9.17) is 5.11 Å². The van der Waals surface area contributed by atoms with Crippen molar-refractivity contribution in [1.82, 2.24) is 20.4 Å². The number of hydrogen-bond acceptors (Lipinski definition) is 3. The Hall–Kier alpha value is -2.05. The fourth-order valence-electron chi connectivity index (χ4n) is 1.46. The zero-order valence-corrected chi connectivity index (χ0v) is 10.5. The molecule has 3 N–H and O–H groups in total. The van der Waals surface area contributed by atoms with E-state index in [1.807, 2.05) is 13.1 Å². The molecule has 2 amide bonds. The maximum absolute atomic E-state index is 11.4. The van der Waals surface area contributed by atoms with Gasteiger partial charge in [0.05, 0.1) is 19.2 Å². The quantitative estimate of drug-likeness (QED) is 0.682. The molecule has 1 aromatic rings. The summed E-state index contributed by atoms with van der Waals surface area (Å²) >= 11 is 0. The van der Waals surface area contributed by atoms with E-state index < -0.39 is 12.0 Å². The maximum atomic E-state index is 11.4. The summed E-state index contributed by atoms with van der Waals surface area (Å²) in [4.78, 5) is 21.8. The molecule has 1 atom stereocenters. The summed E-state index contributed by atoms with van der Waals surface area (Å²) in [5, 5.41) is 17.8. The van der Waals surface area contributed by atoms with Crippen LogP contribution in [-0.2, 0) is 11.3 Å². The van der Waals surface area contributed by atoms with Crippen LogP contribution in [0.3, 0.4) is 0 Å². The lowest BCUT2D eigenvalue weighted by Gasteiger charge is -2.12. The van der Waals surface area contributed by atoms with Gasteiger partial charge in [-0.3, -0.25) is 9.48 Å². The lowest BCUT2D eigenvalue weighted by atomic mass is 10.2. The highest BCUT2D eigenvalue weighted by molar-refractivity contribution is 5.75. The number of carbonyl (C=O) groups excluding carboxylic acids is 1. The van der Waals surface area contributed by atoms with Gasteiger partial charge in [0.1, 0.15) is 0 Å². The molecule has 7 heteroatoms. The van der Waals surface area contributed by atoms with Crippen LogP contribution in [0.1, 0.15) is 18.9 Å². The van der Waals surface area contributed by atoms with Gasteiger partial charge in [0.2, 0.25) is 0 Å². The molecular weight excluding hydrogens is 236 g/mol. The average Bonchev–Trinajstić information content (AvgIpc) is 2.62. The third-order valence-corrected chi connectivity index (χ3v) is 2.25. The molecule has 1 rings (SSSR count). The normalized spacial score (nSPS) is 11.9. The lowest BCUT2D eigenvalue weighted by molar-refractivity contribution is -0.137. The minimum Gasteiger partial charge on any atom is -0.481 e. The summed E-state index contributed by atoms with van der Waals surface area (Å²) in [7, 11) is 0. The van der Waals surface area contributed by atoms with Crippen LogP contribution >= 0.6 is 0 Å². The minimum absolute atomic E-state index is 0.0915. The molecule has 0 saturated heterocycles. The van der Waals surface area contributed by atoms with Crippen LogP contribution in [0.5, 0.6) is 0 Å². The molecule has 0 aliphatic rings. The standard InChI is InChI=1S/C11H18N4O3/c1-8-6-13-15(7-8)4-3-12-11(18)14-9(2)5-10(16)17/h6-7,9H,3-5H2,1-2H3,(H,16,17)(H2,12,14,18). The van der Waals surface area contributed by atoms with Gasteiger partial charge in [0.25, 0.3) is 0 Å². The number of carbonyl (C=O) groups is 2. The van der Waals surface area contributed by atoms with Crippen molar-refractivity contribution in [1.29, 1.82) is 0 Å². The van der Waals surface area contributed by atoms with Crippen LogP contribution in [0.25, 0.3) is 0 Å².